The zero-order chi connectivity index (χ0) is 24.4. The summed E-state index contributed by atoms with van der Waals surface area (Å²) in [6, 6.07) is 9.20. The number of amides is 1. The van der Waals surface area contributed by atoms with Crippen molar-refractivity contribution in [3.05, 3.63) is 70.4 Å². The standard InChI is InChI=1S/C25H26ClN3O5/c1-4-28(5-2)10-11-29-21(17-8-6-7-9-27-17)20(23(31)25(29)32)22(30)18-13-15-12-16(26)14-19(33-3)24(15)34-18/h6-9,12-14,21,31H,4-5,10-11H2,1-3H3. The number of halogens is 1. The minimum absolute atomic E-state index is 0.0311. The van der Waals surface area contributed by atoms with Gasteiger partial charge in [0.15, 0.2) is 22.9 Å². The van der Waals surface area contributed by atoms with E-state index in [2.05, 4.69) is 9.88 Å². The van der Waals surface area contributed by atoms with Crippen molar-refractivity contribution in [3.8, 4) is 5.75 Å². The molecule has 1 N–H and O–H groups in total. The van der Waals surface area contributed by atoms with Gasteiger partial charge in [0, 0.05) is 35.8 Å². The summed E-state index contributed by atoms with van der Waals surface area (Å²) in [5, 5.41) is 11.8. The molecule has 3 heterocycles. The summed E-state index contributed by atoms with van der Waals surface area (Å²) in [4.78, 5) is 34.8. The summed E-state index contributed by atoms with van der Waals surface area (Å²) in [5.74, 6) is -1.45. The number of hydrogen-bond donors (Lipinski definition) is 1. The second-order valence-corrected chi connectivity index (χ2v) is 8.35. The summed E-state index contributed by atoms with van der Waals surface area (Å²) in [7, 11) is 1.48. The summed E-state index contributed by atoms with van der Waals surface area (Å²) in [5.41, 5.74) is 0.777. The third kappa shape index (κ3) is 4.26. The number of carbonyl (C=O) groups excluding carboxylic acids is 2. The van der Waals surface area contributed by atoms with Crippen LogP contribution in [0.1, 0.15) is 36.1 Å². The molecule has 4 rings (SSSR count). The number of Topliss-reactive ketones (excluding diaryl/α,β-unsaturated/α-hetero) is 1. The number of fused-ring (bicyclic) bond motifs is 1. The highest BCUT2D eigenvalue weighted by atomic mass is 35.5. The van der Waals surface area contributed by atoms with Gasteiger partial charge in [-0.25, -0.2) is 0 Å². The van der Waals surface area contributed by atoms with Crippen molar-refractivity contribution < 1.29 is 23.8 Å². The number of aliphatic hydroxyl groups excluding tert-OH is 1. The lowest BCUT2D eigenvalue weighted by molar-refractivity contribution is -0.129. The van der Waals surface area contributed by atoms with Crippen LogP contribution in [0.5, 0.6) is 5.75 Å². The van der Waals surface area contributed by atoms with Crippen LogP contribution < -0.4 is 4.74 Å². The zero-order valence-electron chi connectivity index (χ0n) is 19.2. The van der Waals surface area contributed by atoms with E-state index in [0.29, 0.717) is 40.5 Å². The molecule has 0 spiro atoms. The van der Waals surface area contributed by atoms with Crippen LogP contribution in [0.2, 0.25) is 5.02 Å². The first-order valence-electron chi connectivity index (χ1n) is 11.1. The van der Waals surface area contributed by atoms with Crippen molar-refractivity contribution in [1.82, 2.24) is 14.8 Å². The molecule has 0 bridgehead atoms. The Morgan fingerprint density at radius 2 is 2.03 bits per heavy atom. The summed E-state index contributed by atoms with van der Waals surface area (Å²) < 4.78 is 11.1. The van der Waals surface area contributed by atoms with E-state index >= 15 is 0 Å². The second-order valence-electron chi connectivity index (χ2n) is 7.91. The first-order valence-corrected chi connectivity index (χ1v) is 11.5. The maximum Gasteiger partial charge on any atom is 0.290 e. The SMILES string of the molecule is CCN(CC)CCN1C(=O)C(O)=C(C(=O)c2cc3cc(Cl)cc(OC)c3o2)C1c1ccccn1. The lowest BCUT2D eigenvalue weighted by Gasteiger charge is -2.28. The van der Waals surface area contributed by atoms with Crippen LogP contribution in [0.25, 0.3) is 11.0 Å². The van der Waals surface area contributed by atoms with Gasteiger partial charge in [-0.3, -0.25) is 14.6 Å². The largest absolute Gasteiger partial charge is 0.503 e. The van der Waals surface area contributed by atoms with Gasteiger partial charge in [-0.1, -0.05) is 31.5 Å². The number of aliphatic hydroxyl groups is 1. The van der Waals surface area contributed by atoms with Crippen molar-refractivity contribution >= 4 is 34.3 Å². The normalized spacial score (nSPS) is 16.2. The number of ether oxygens (including phenoxy) is 1. The minimum atomic E-state index is -0.838. The van der Waals surface area contributed by atoms with Gasteiger partial charge in [-0.05, 0) is 37.4 Å². The first-order chi connectivity index (χ1) is 16.4. The van der Waals surface area contributed by atoms with Crippen molar-refractivity contribution in [2.24, 2.45) is 0 Å². The Morgan fingerprint density at radius 1 is 1.26 bits per heavy atom. The molecule has 1 aliphatic rings. The quantitative estimate of drug-likeness (QED) is 0.450. The average molecular weight is 484 g/mol. The maximum absolute atomic E-state index is 13.6. The highest BCUT2D eigenvalue weighted by Crippen LogP contribution is 2.40. The molecule has 2 aromatic heterocycles. The number of furan rings is 1. The van der Waals surface area contributed by atoms with Gasteiger partial charge in [0.05, 0.1) is 18.4 Å². The Morgan fingerprint density at radius 3 is 2.68 bits per heavy atom. The van der Waals surface area contributed by atoms with Gasteiger partial charge in [0.25, 0.3) is 5.91 Å². The third-order valence-electron chi connectivity index (χ3n) is 6.06. The molecule has 1 amide bonds. The topological polar surface area (TPSA) is 96.1 Å². The molecule has 1 atom stereocenters. The smallest absolute Gasteiger partial charge is 0.290 e. The number of pyridine rings is 1. The Balaban J connectivity index is 1.76. The summed E-state index contributed by atoms with van der Waals surface area (Å²) in [6.45, 7) is 6.64. The van der Waals surface area contributed by atoms with E-state index < -0.39 is 23.5 Å². The molecule has 178 valence electrons. The van der Waals surface area contributed by atoms with Crippen LogP contribution in [0.3, 0.4) is 0 Å². The van der Waals surface area contributed by atoms with Crippen LogP contribution in [0, 0.1) is 0 Å². The van der Waals surface area contributed by atoms with E-state index in [4.69, 9.17) is 20.8 Å². The molecule has 9 heteroatoms. The molecule has 1 aromatic carbocycles. The average Bonchev–Trinajstić information content (AvgIpc) is 3.38. The fraction of sp³-hybridized carbons (Fsp3) is 0.320. The molecule has 8 nitrogen and oxygen atoms in total. The number of benzene rings is 1. The zero-order valence-corrected chi connectivity index (χ0v) is 20.0. The predicted molar refractivity (Wildman–Crippen MR) is 128 cm³/mol. The van der Waals surface area contributed by atoms with Crippen LogP contribution >= 0.6 is 11.6 Å². The van der Waals surface area contributed by atoms with Crippen molar-refractivity contribution in [2.75, 3.05) is 33.3 Å². The van der Waals surface area contributed by atoms with E-state index in [1.54, 1.807) is 36.5 Å². The highest BCUT2D eigenvalue weighted by molar-refractivity contribution is 6.31. The molecular formula is C25H26ClN3O5. The molecular weight excluding hydrogens is 458 g/mol. The van der Waals surface area contributed by atoms with Crippen LogP contribution in [0.4, 0.5) is 0 Å². The van der Waals surface area contributed by atoms with E-state index in [9.17, 15) is 14.7 Å². The molecule has 0 radical (unpaired) electrons. The lowest BCUT2D eigenvalue weighted by Crippen LogP contribution is -2.38. The monoisotopic (exact) mass is 483 g/mol. The third-order valence-corrected chi connectivity index (χ3v) is 6.28. The number of nitrogens with zero attached hydrogens (tertiary/aromatic N) is 3. The Labute approximate surface area is 202 Å². The maximum atomic E-state index is 13.6. The van der Waals surface area contributed by atoms with Crippen molar-refractivity contribution in [1.29, 1.82) is 0 Å². The fourth-order valence-corrected chi connectivity index (χ4v) is 4.45. The molecule has 0 aliphatic carbocycles. The Bertz CT molecular complexity index is 1250. The van der Waals surface area contributed by atoms with E-state index in [0.717, 1.165) is 13.1 Å². The molecule has 1 aliphatic heterocycles. The number of carbonyl (C=O) groups is 2. The van der Waals surface area contributed by atoms with Gasteiger partial charge in [0.2, 0.25) is 5.78 Å². The summed E-state index contributed by atoms with van der Waals surface area (Å²) >= 11 is 6.15. The van der Waals surface area contributed by atoms with E-state index in [1.807, 2.05) is 13.8 Å². The number of hydrogen-bond acceptors (Lipinski definition) is 7. The van der Waals surface area contributed by atoms with Gasteiger partial charge < -0.3 is 24.1 Å². The highest BCUT2D eigenvalue weighted by Gasteiger charge is 2.45. The molecule has 0 saturated carbocycles. The Kier molecular flexibility index (Phi) is 6.90. The predicted octanol–water partition coefficient (Wildman–Crippen LogP) is 4.41. The minimum Gasteiger partial charge on any atom is -0.503 e. The Hall–Kier alpha value is -3.36. The van der Waals surface area contributed by atoms with Crippen LogP contribution in [-0.4, -0.2) is 64.9 Å². The molecule has 3 aromatic rings. The first kappa shape index (κ1) is 23.8. The number of aromatic nitrogens is 1. The van der Waals surface area contributed by atoms with E-state index in [-0.39, 0.29) is 11.3 Å². The van der Waals surface area contributed by atoms with Gasteiger partial charge in [-0.15, -0.1) is 0 Å². The number of ketones is 1. The van der Waals surface area contributed by atoms with Crippen molar-refractivity contribution in [2.45, 2.75) is 19.9 Å². The van der Waals surface area contributed by atoms with Gasteiger partial charge in [-0.2, -0.15) is 0 Å². The van der Waals surface area contributed by atoms with Gasteiger partial charge >= 0.3 is 0 Å². The number of methoxy groups -OCH3 is 1. The second kappa shape index (κ2) is 9.87. The van der Waals surface area contributed by atoms with Crippen LogP contribution in [-0.2, 0) is 4.79 Å². The summed E-state index contributed by atoms with van der Waals surface area (Å²) in [6.07, 6.45) is 1.59. The number of likely N-dealkylation sites (N-methyl/N-ethyl adjacent to an activating group) is 1. The molecule has 0 fully saturated rings. The molecule has 1 unspecified atom stereocenters. The van der Waals surface area contributed by atoms with Crippen LogP contribution in [0.15, 0.2) is 58.3 Å². The molecule has 0 saturated heterocycles. The van der Waals surface area contributed by atoms with Crippen molar-refractivity contribution in [3.63, 3.8) is 0 Å². The number of rotatable bonds is 9. The van der Waals surface area contributed by atoms with Gasteiger partial charge in [0.1, 0.15) is 6.04 Å². The van der Waals surface area contributed by atoms with E-state index in [1.165, 1.54) is 18.1 Å². The molecule has 34 heavy (non-hydrogen) atoms. The fourth-order valence-electron chi connectivity index (χ4n) is 4.23. The lowest BCUT2D eigenvalue weighted by atomic mass is 9.98.